The fourth-order valence-electron chi connectivity index (χ4n) is 3.95. The Morgan fingerprint density at radius 2 is 1.36 bits per heavy atom. The van der Waals surface area contributed by atoms with Crippen LogP contribution in [0.5, 0.6) is 0 Å². The largest absolute Gasteiger partial charge is 0.396 e. The van der Waals surface area contributed by atoms with Gasteiger partial charge in [-0.1, -0.05) is 108 Å². The van der Waals surface area contributed by atoms with E-state index in [1.807, 2.05) is 0 Å². The molecule has 0 aromatic heterocycles. The molecule has 1 rings (SSSR count). The highest BCUT2D eigenvalue weighted by molar-refractivity contribution is 5.19. The van der Waals surface area contributed by atoms with E-state index in [-0.39, 0.29) is 0 Å². The first kappa shape index (κ1) is 22.2. The molecular weight excluding hydrogens is 304 g/mol. The fourth-order valence-corrected chi connectivity index (χ4v) is 3.95. The number of unbranched alkanes of at least 4 members (excludes halogenated alkanes) is 5. The number of aliphatic hydroxyl groups excluding tert-OH is 1. The number of hydrogen-bond acceptors (Lipinski definition) is 1. The minimum atomic E-state index is 0.331. The first-order valence-electron chi connectivity index (χ1n) is 11.0. The van der Waals surface area contributed by atoms with Crippen LogP contribution in [-0.4, -0.2) is 11.7 Å². The predicted octanol–water partition coefficient (Wildman–Crippen LogP) is 7.49. The van der Waals surface area contributed by atoms with E-state index in [1.54, 1.807) is 0 Å². The van der Waals surface area contributed by atoms with E-state index in [2.05, 4.69) is 44.2 Å². The molecular formula is C24H42O. The topological polar surface area (TPSA) is 20.2 Å². The molecule has 1 aromatic carbocycles. The Bertz CT molecular complexity index is 386. The third-order valence-corrected chi connectivity index (χ3v) is 5.69. The number of hydrogen-bond donors (Lipinski definition) is 1. The Kier molecular flexibility index (Phi) is 13.7. The van der Waals surface area contributed by atoms with E-state index >= 15 is 0 Å². The van der Waals surface area contributed by atoms with Crippen molar-refractivity contribution in [3.63, 3.8) is 0 Å². The molecule has 1 heteroatoms. The maximum absolute atomic E-state index is 9.07. The van der Waals surface area contributed by atoms with Crippen LogP contribution in [0.3, 0.4) is 0 Å². The lowest BCUT2D eigenvalue weighted by atomic mass is 9.86. The van der Waals surface area contributed by atoms with Gasteiger partial charge in [0.1, 0.15) is 0 Å². The van der Waals surface area contributed by atoms with E-state index in [4.69, 9.17) is 5.11 Å². The maximum Gasteiger partial charge on any atom is 0.0431 e. The van der Waals surface area contributed by atoms with Crippen LogP contribution in [0.15, 0.2) is 30.3 Å². The molecule has 0 saturated heterocycles. The molecule has 0 aliphatic heterocycles. The quantitative estimate of drug-likeness (QED) is 0.307. The van der Waals surface area contributed by atoms with Crippen LogP contribution >= 0.6 is 0 Å². The molecule has 2 unspecified atom stereocenters. The molecule has 0 aliphatic carbocycles. The number of aliphatic hydroxyl groups is 1. The second-order valence-corrected chi connectivity index (χ2v) is 7.74. The van der Waals surface area contributed by atoms with Gasteiger partial charge in [0, 0.05) is 6.61 Å². The summed E-state index contributed by atoms with van der Waals surface area (Å²) in [4.78, 5) is 0. The summed E-state index contributed by atoms with van der Waals surface area (Å²) in [5, 5.41) is 9.07. The zero-order valence-electron chi connectivity index (χ0n) is 16.9. The lowest BCUT2D eigenvalue weighted by Crippen LogP contribution is -2.04. The lowest BCUT2D eigenvalue weighted by molar-refractivity contribution is 0.280. The van der Waals surface area contributed by atoms with Gasteiger partial charge in [0.2, 0.25) is 0 Å². The first-order chi connectivity index (χ1) is 12.3. The molecule has 0 spiro atoms. The van der Waals surface area contributed by atoms with Crippen molar-refractivity contribution in [2.45, 2.75) is 103 Å². The van der Waals surface area contributed by atoms with Gasteiger partial charge in [0.05, 0.1) is 0 Å². The third kappa shape index (κ3) is 10.7. The molecule has 0 amide bonds. The molecule has 0 fully saturated rings. The molecule has 1 nitrogen and oxygen atoms in total. The highest BCUT2D eigenvalue weighted by Gasteiger charge is 2.13. The average molecular weight is 347 g/mol. The van der Waals surface area contributed by atoms with Crippen molar-refractivity contribution in [1.82, 2.24) is 0 Å². The lowest BCUT2D eigenvalue weighted by Gasteiger charge is -2.20. The second-order valence-electron chi connectivity index (χ2n) is 7.74. The average Bonchev–Trinajstić information content (AvgIpc) is 2.66. The van der Waals surface area contributed by atoms with Crippen LogP contribution < -0.4 is 0 Å². The molecule has 25 heavy (non-hydrogen) atoms. The number of benzene rings is 1. The molecule has 0 aliphatic rings. The second kappa shape index (κ2) is 15.4. The Balaban J connectivity index is 2.33. The van der Waals surface area contributed by atoms with Gasteiger partial charge in [-0.3, -0.25) is 0 Å². The smallest absolute Gasteiger partial charge is 0.0431 e. The summed E-state index contributed by atoms with van der Waals surface area (Å²) in [7, 11) is 0. The summed E-state index contributed by atoms with van der Waals surface area (Å²) < 4.78 is 0. The van der Waals surface area contributed by atoms with Crippen LogP contribution in [-0.2, 0) is 0 Å². The minimum absolute atomic E-state index is 0.331. The van der Waals surface area contributed by atoms with E-state index < -0.39 is 0 Å². The maximum atomic E-state index is 9.07. The molecule has 0 radical (unpaired) electrons. The van der Waals surface area contributed by atoms with Crippen LogP contribution in [0, 0.1) is 5.92 Å². The fraction of sp³-hybridized carbons (Fsp3) is 0.750. The SMILES string of the molecule is CCCCCCCC(CC)CCCC(CCCCO)c1ccccc1. The van der Waals surface area contributed by atoms with Gasteiger partial charge in [0.15, 0.2) is 0 Å². The van der Waals surface area contributed by atoms with Gasteiger partial charge in [-0.05, 0) is 36.7 Å². The van der Waals surface area contributed by atoms with E-state index in [0.29, 0.717) is 12.5 Å². The van der Waals surface area contributed by atoms with E-state index in [9.17, 15) is 0 Å². The summed E-state index contributed by atoms with van der Waals surface area (Å²) in [5.74, 6) is 1.60. The number of rotatable bonds is 16. The standard InChI is InChI=1S/C24H42O/c1-3-5-6-7-9-15-22(4-2)16-14-20-24(19-12-13-21-25)23-17-10-8-11-18-23/h8,10-11,17-18,22,24-25H,3-7,9,12-16,19-21H2,1-2H3. The molecule has 1 N–H and O–H groups in total. The summed E-state index contributed by atoms with van der Waals surface area (Å²) in [5.41, 5.74) is 1.49. The van der Waals surface area contributed by atoms with Gasteiger partial charge in [0.25, 0.3) is 0 Å². The zero-order chi connectivity index (χ0) is 18.2. The highest BCUT2D eigenvalue weighted by Crippen LogP contribution is 2.29. The van der Waals surface area contributed by atoms with E-state index in [1.165, 1.54) is 76.2 Å². The molecule has 0 saturated carbocycles. The van der Waals surface area contributed by atoms with Crippen molar-refractivity contribution in [2.75, 3.05) is 6.61 Å². The third-order valence-electron chi connectivity index (χ3n) is 5.69. The Hall–Kier alpha value is -0.820. The summed E-state index contributed by atoms with van der Waals surface area (Å²) in [6.45, 7) is 4.99. The van der Waals surface area contributed by atoms with Crippen molar-refractivity contribution >= 4 is 0 Å². The van der Waals surface area contributed by atoms with Crippen LogP contribution in [0.4, 0.5) is 0 Å². The van der Waals surface area contributed by atoms with Gasteiger partial charge in [-0.2, -0.15) is 0 Å². The van der Waals surface area contributed by atoms with Gasteiger partial charge in [-0.15, -0.1) is 0 Å². The van der Waals surface area contributed by atoms with Crippen LogP contribution in [0.25, 0.3) is 0 Å². The van der Waals surface area contributed by atoms with Crippen molar-refractivity contribution in [2.24, 2.45) is 5.92 Å². The van der Waals surface area contributed by atoms with Gasteiger partial charge >= 0.3 is 0 Å². The van der Waals surface area contributed by atoms with Gasteiger partial charge < -0.3 is 5.11 Å². The van der Waals surface area contributed by atoms with Gasteiger partial charge in [-0.25, -0.2) is 0 Å². The van der Waals surface area contributed by atoms with Crippen molar-refractivity contribution < 1.29 is 5.11 Å². The summed E-state index contributed by atoms with van der Waals surface area (Å²) in [6, 6.07) is 11.0. The Morgan fingerprint density at radius 3 is 2.04 bits per heavy atom. The summed E-state index contributed by atoms with van der Waals surface area (Å²) >= 11 is 0. The Labute approximate surface area is 157 Å². The zero-order valence-corrected chi connectivity index (χ0v) is 16.9. The Morgan fingerprint density at radius 1 is 0.720 bits per heavy atom. The first-order valence-corrected chi connectivity index (χ1v) is 11.0. The van der Waals surface area contributed by atoms with Crippen LogP contribution in [0.2, 0.25) is 0 Å². The molecule has 2 atom stereocenters. The van der Waals surface area contributed by atoms with E-state index in [0.717, 1.165) is 18.8 Å². The van der Waals surface area contributed by atoms with Crippen molar-refractivity contribution in [1.29, 1.82) is 0 Å². The van der Waals surface area contributed by atoms with Crippen LogP contribution in [0.1, 0.15) is 109 Å². The molecule has 144 valence electrons. The molecule has 0 bridgehead atoms. The summed E-state index contributed by atoms with van der Waals surface area (Å²) in [6.07, 6.45) is 17.2. The van der Waals surface area contributed by atoms with Crippen molar-refractivity contribution in [3.05, 3.63) is 35.9 Å². The molecule has 1 aromatic rings. The highest BCUT2D eigenvalue weighted by atomic mass is 16.2. The predicted molar refractivity (Wildman–Crippen MR) is 111 cm³/mol. The van der Waals surface area contributed by atoms with Crippen molar-refractivity contribution in [3.8, 4) is 0 Å². The minimum Gasteiger partial charge on any atom is -0.396 e. The normalized spacial score (nSPS) is 13.7. The monoisotopic (exact) mass is 346 g/mol. The molecule has 0 heterocycles.